The molecular weight excluding hydrogens is 208 g/mol. The monoisotopic (exact) mass is 220 g/mol. The van der Waals surface area contributed by atoms with Gasteiger partial charge in [0, 0.05) is 6.07 Å². The maximum atomic E-state index is 5.24. The lowest BCUT2D eigenvalue weighted by Crippen LogP contribution is -1.90. The molecule has 0 fully saturated rings. The van der Waals surface area contributed by atoms with Gasteiger partial charge in [-0.25, -0.2) is 0 Å². The second-order valence-electron chi connectivity index (χ2n) is 3.21. The SMILES string of the molecule is COc1ccc(-c2nc(C)no2)c(OC)c1. The topological polar surface area (TPSA) is 57.4 Å². The molecule has 0 amide bonds. The van der Waals surface area contributed by atoms with E-state index in [9.17, 15) is 0 Å². The molecule has 2 aromatic rings. The molecule has 5 heteroatoms. The van der Waals surface area contributed by atoms with Gasteiger partial charge >= 0.3 is 0 Å². The summed E-state index contributed by atoms with van der Waals surface area (Å²) in [5, 5.41) is 3.74. The molecule has 0 aliphatic rings. The van der Waals surface area contributed by atoms with Crippen LogP contribution in [0.15, 0.2) is 22.7 Å². The fourth-order valence-corrected chi connectivity index (χ4v) is 1.38. The summed E-state index contributed by atoms with van der Waals surface area (Å²) >= 11 is 0. The summed E-state index contributed by atoms with van der Waals surface area (Å²) in [4.78, 5) is 4.15. The number of aromatic nitrogens is 2. The van der Waals surface area contributed by atoms with Crippen LogP contribution in [0.4, 0.5) is 0 Å². The second kappa shape index (κ2) is 4.22. The summed E-state index contributed by atoms with van der Waals surface area (Å²) in [5.74, 6) is 2.39. The van der Waals surface area contributed by atoms with E-state index in [1.807, 2.05) is 12.1 Å². The zero-order valence-electron chi connectivity index (χ0n) is 9.35. The van der Waals surface area contributed by atoms with Crippen molar-refractivity contribution < 1.29 is 14.0 Å². The standard InChI is InChI=1S/C11H12N2O3/c1-7-12-11(16-13-7)9-5-4-8(14-2)6-10(9)15-3/h4-6H,1-3H3. The molecule has 0 aliphatic carbocycles. The van der Waals surface area contributed by atoms with Gasteiger partial charge in [0.15, 0.2) is 5.82 Å². The van der Waals surface area contributed by atoms with Gasteiger partial charge in [0.2, 0.25) is 0 Å². The lowest BCUT2D eigenvalue weighted by Gasteiger charge is -2.06. The third kappa shape index (κ3) is 1.84. The van der Waals surface area contributed by atoms with Crippen molar-refractivity contribution in [2.24, 2.45) is 0 Å². The molecule has 0 spiro atoms. The smallest absolute Gasteiger partial charge is 0.261 e. The van der Waals surface area contributed by atoms with Crippen molar-refractivity contribution in [3.05, 3.63) is 24.0 Å². The molecule has 1 aromatic heterocycles. The first-order valence-electron chi connectivity index (χ1n) is 4.77. The Morgan fingerprint density at radius 1 is 1.19 bits per heavy atom. The molecule has 0 N–H and O–H groups in total. The molecule has 0 unspecified atom stereocenters. The van der Waals surface area contributed by atoms with Gasteiger partial charge in [-0.1, -0.05) is 5.16 Å². The molecule has 1 aromatic carbocycles. The summed E-state index contributed by atoms with van der Waals surface area (Å²) in [6.45, 7) is 1.77. The van der Waals surface area contributed by atoms with Crippen LogP contribution >= 0.6 is 0 Å². The molecule has 5 nitrogen and oxygen atoms in total. The Labute approximate surface area is 93.0 Å². The van der Waals surface area contributed by atoms with Gasteiger partial charge in [-0.05, 0) is 19.1 Å². The average molecular weight is 220 g/mol. The van der Waals surface area contributed by atoms with E-state index in [4.69, 9.17) is 14.0 Å². The van der Waals surface area contributed by atoms with Crippen LogP contribution in [-0.2, 0) is 0 Å². The fourth-order valence-electron chi connectivity index (χ4n) is 1.38. The molecule has 0 saturated carbocycles. The van der Waals surface area contributed by atoms with Gasteiger partial charge < -0.3 is 14.0 Å². The minimum absolute atomic E-state index is 0.442. The molecule has 0 saturated heterocycles. The van der Waals surface area contributed by atoms with Gasteiger partial charge in [0.25, 0.3) is 5.89 Å². The molecule has 1 heterocycles. The first-order chi connectivity index (χ1) is 7.74. The molecular formula is C11H12N2O3. The minimum atomic E-state index is 0.442. The number of ether oxygens (including phenoxy) is 2. The molecule has 2 rings (SSSR count). The second-order valence-corrected chi connectivity index (χ2v) is 3.21. The Hall–Kier alpha value is -2.04. The largest absolute Gasteiger partial charge is 0.497 e. The number of hydrogen-bond donors (Lipinski definition) is 0. The quantitative estimate of drug-likeness (QED) is 0.792. The minimum Gasteiger partial charge on any atom is -0.497 e. The first-order valence-corrected chi connectivity index (χ1v) is 4.77. The van der Waals surface area contributed by atoms with Gasteiger partial charge in [-0.15, -0.1) is 0 Å². The van der Waals surface area contributed by atoms with E-state index >= 15 is 0 Å². The molecule has 0 bridgehead atoms. The van der Waals surface area contributed by atoms with Crippen LogP contribution in [0.25, 0.3) is 11.5 Å². The number of hydrogen-bond acceptors (Lipinski definition) is 5. The first kappa shape index (κ1) is 10.5. The highest BCUT2D eigenvalue weighted by atomic mass is 16.5. The Balaban J connectivity index is 2.48. The van der Waals surface area contributed by atoms with Crippen molar-refractivity contribution in [1.29, 1.82) is 0 Å². The summed E-state index contributed by atoms with van der Waals surface area (Å²) in [7, 11) is 3.19. The van der Waals surface area contributed by atoms with E-state index < -0.39 is 0 Å². The van der Waals surface area contributed by atoms with Gasteiger partial charge in [0.05, 0.1) is 19.8 Å². The van der Waals surface area contributed by atoms with Crippen LogP contribution in [0, 0.1) is 6.92 Å². The molecule has 16 heavy (non-hydrogen) atoms. The summed E-state index contributed by atoms with van der Waals surface area (Å²) in [6.07, 6.45) is 0. The van der Waals surface area contributed by atoms with Crippen molar-refractivity contribution in [3.63, 3.8) is 0 Å². The van der Waals surface area contributed by atoms with Crippen LogP contribution in [0.3, 0.4) is 0 Å². The maximum Gasteiger partial charge on any atom is 0.261 e. The lowest BCUT2D eigenvalue weighted by molar-refractivity contribution is 0.390. The summed E-state index contributed by atoms with van der Waals surface area (Å²) in [5.41, 5.74) is 0.754. The van der Waals surface area contributed by atoms with E-state index in [0.29, 0.717) is 17.5 Å². The normalized spacial score (nSPS) is 10.2. The van der Waals surface area contributed by atoms with E-state index in [1.165, 1.54) is 0 Å². The number of rotatable bonds is 3. The number of benzene rings is 1. The molecule has 0 aliphatic heterocycles. The third-order valence-electron chi connectivity index (χ3n) is 2.17. The molecule has 84 valence electrons. The zero-order valence-corrected chi connectivity index (χ0v) is 9.35. The van der Waals surface area contributed by atoms with Crippen LogP contribution in [0.1, 0.15) is 5.82 Å². The van der Waals surface area contributed by atoms with E-state index in [-0.39, 0.29) is 0 Å². The van der Waals surface area contributed by atoms with Gasteiger partial charge in [0.1, 0.15) is 11.5 Å². The summed E-state index contributed by atoms with van der Waals surface area (Å²) < 4.78 is 15.4. The Bertz CT molecular complexity index is 494. The van der Waals surface area contributed by atoms with Crippen LogP contribution in [0.2, 0.25) is 0 Å². The van der Waals surface area contributed by atoms with Crippen molar-refractivity contribution in [2.45, 2.75) is 6.92 Å². The number of methoxy groups -OCH3 is 2. The van der Waals surface area contributed by atoms with Gasteiger partial charge in [-0.3, -0.25) is 0 Å². The van der Waals surface area contributed by atoms with Crippen LogP contribution in [-0.4, -0.2) is 24.4 Å². The van der Waals surface area contributed by atoms with E-state index in [2.05, 4.69) is 10.1 Å². The van der Waals surface area contributed by atoms with Crippen LogP contribution < -0.4 is 9.47 Å². The average Bonchev–Trinajstić information content (AvgIpc) is 2.74. The highest BCUT2D eigenvalue weighted by Gasteiger charge is 2.13. The van der Waals surface area contributed by atoms with Crippen molar-refractivity contribution in [3.8, 4) is 23.0 Å². The summed E-state index contributed by atoms with van der Waals surface area (Å²) in [6, 6.07) is 5.41. The van der Waals surface area contributed by atoms with Crippen LogP contribution in [0.5, 0.6) is 11.5 Å². The molecule has 0 radical (unpaired) electrons. The van der Waals surface area contributed by atoms with E-state index in [0.717, 1.165) is 11.3 Å². The number of aryl methyl sites for hydroxylation is 1. The zero-order chi connectivity index (χ0) is 11.5. The van der Waals surface area contributed by atoms with Gasteiger partial charge in [-0.2, -0.15) is 4.98 Å². The predicted octanol–water partition coefficient (Wildman–Crippen LogP) is 2.06. The Kier molecular flexibility index (Phi) is 2.76. The lowest BCUT2D eigenvalue weighted by atomic mass is 10.2. The number of nitrogens with zero attached hydrogens (tertiary/aromatic N) is 2. The van der Waals surface area contributed by atoms with Crippen molar-refractivity contribution in [1.82, 2.24) is 10.1 Å². The fraction of sp³-hybridized carbons (Fsp3) is 0.273. The highest BCUT2D eigenvalue weighted by Crippen LogP contribution is 2.31. The van der Waals surface area contributed by atoms with Crippen molar-refractivity contribution >= 4 is 0 Å². The van der Waals surface area contributed by atoms with Crippen molar-refractivity contribution in [2.75, 3.05) is 14.2 Å². The van der Waals surface area contributed by atoms with E-state index in [1.54, 1.807) is 27.2 Å². The molecule has 0 atom stereocenters. The third-order valence-corrected chi connectivity index (χ3v) is 2.17. The maximum absolute atomic E-state index is 5.24. The predicted molar refractivity (Wildman–Crippen MR) is 57.6 cm³/mol. The Morgan fingerprint density at radius 3 is 2.56 bits per heavy atom. The highest BCUT2D eigenvalue weighted by molar-refractivity contribution is 5.64. The Morgan fingerprint density at radius 2 is 2.00 bits per heavy atom.